The van der Waals surface area contributed by atoms with Crippen molar-refractivity contribution >= 4 is 12.1 Å². The molecule has 0 bridgehead atoms. The molecule has 30 heavy (non-hydrogen) atoms. The van der Waals surface area contributed by atoms with Gasteiger partial charge in [0.1, 0.15) is 18.1 Å². The summed E-state index contributed by atoms with van der Waals surface area (Å²) >= 11 is 0. The lowest BCUT2D eigenvalue weighted by Crippen LogP contribution is -2.46. The maximum Gasteiger partial charge on any atom is 0.252 e. The Morgan fingerprint density at radius 3 is 2.33 bits per heavy atom. The fraction of sp³-hybridized carbons (Fsp3) is 0.333. The minimum Gasteiger partial charge on any atom is -0.509 e. The van der Waals surface area contributed by atoms with E-state index in [9.17, 15) is 15.0 Å². The number of benzene rings is 2. The topological polar surface area (TPSA) is 82.4 Å². The lowest BCUT2D eigenvalue weighted by atomic mass is 9.87. The zero-order chi connectivity index (χ0) is 21.3. The smallest absolute Gasteiger partial charge is 0.252 e. The molecule has 0 aliphatic carbocycles. The average Bonchev–Trinajstić information content (AvgIpc) is 2.79. The summed E-state index contributed by atoms with van der Waals surface area (Å²) in [5.74, 6) is -0.764. The van der Waals surface area contributed by atoms with E-state index < -0.39 is 18.1 Å². The summed E-state index contributed by atoms with van der Waals surface area (Å²) in [5, 5.41) is 19.8. The molecule has 1 fully saturated rings. The molecule has 0 radical (unpaired) electrons. The van der Waals surface area contributed by atoms with Crippen LogP contribution < -0.4 is 0 Å². The van der Waals surface area contributed by atoms with Crippen LogP contribution in [-0.4, -0.2) is 59.8 Å². The van der Waals surface area contributed by atoms with Crippen LogP contribution in [0.2, 0.25) is 0 Å². The molecule has 0 spiro atoms. The molecule has 2 unspecified atom stereocenters. The van der Waals surface area contributed by atoms with Crippen molar-refractivity contribution in [1.29, 1.82) is 0 Å². The van der Waals surface area contributed by atoms with Crippen molar-refractivity contribution in [2.24, 2.45) is 4.99 Å². The maximum absolute atomic E-state index is 12.8. The van der Waals surface area contributed by atoms with E-state index >= 15 is 0 Å². The molecule has 1 aliphatic rings. The van der Waals surface area contributed by atoms with Crippen molar-refractivity contribution in [3.63, 3.8) is 0 Å². The zero-order valence-corrected chi connectivity index (χ0v) is 17.1. The number of nitrogens with zero attached hydrogens (tertiary/aromatic N) is 2. The van der Waals surface area contributed by atoms with Crippen molar-refractivity contribution in [3.05, 3.63) is 83.6 Å². The molecular weight excluding hydrogens is 380 g/mol. The lowest BCUT2D eigenvalue weighted by molar-refractivity contribution is -0.151. The second-order valence-electron chi connectivity index (χ2n) is 7.24. The van der Waals surface area contributed by atoms with Crippen LogP contribution >= 0.6 is 0 Å². The van der Waals surface area contributed by atoms with E-state index in [2.05, 4.69) is 29.3 Å². The van der Waals surface area contributed by atoms with Gasteiger partial charge in [0.15, 0.2) is 0 Å². The van der Waals surface area contributed by atoms with Crippen LogP contribution in [-0.2, 0) is 9.53 Å². The van der Waals surface area contributed by atoms with E-state index in [1.54, 1.807) is 4.90 Å². The predicted molar refractivity (Wildman–Crippen MR) is 117 cm³/mol. The Kier molecular flexibility index (Phi) is 7.76. The largest absolute Gasteiger partial charge is 0.509 e. The van der Waals surface area contributed by atoms with Gasteiger partial charge in [0.2, 0.25) is 0 Å². The third-order valence-electron chi connectivity index (χ3n) is 5.19. The van der Waals surface area contributed by atoms with Crippen LogP contribution in [0.3, 0.4) is 0 Å². The molecule has 1 saturated heterocycles. The summed E-state index contributed by atoms with van der Waals surface area (Å²) in [5.41, 5.74) is 2.30. The van der Waals surface area contributed by atoms with Gasteiger partial charge in [-0.3, -0.25) is 9.79 Å². The normalized spacial score (nSPS) is 18.7. The molecule has 2 aromatic rings. The Morgan fingerprint density at radius 1 is 1.17 bits per heavy atom. The molecule has 1 amide bonds. The first kappa shape index (κ1) is 21.7. The number of aliphatic imine (C=N–C) groups is 1. The van der Waals surface area contributed by atoms with Crippen LogP contribution in [0.4, 0.5) is 0 Å². The summed E-state index contributed by atoms with van der Waals surface area (Å²) in [6, 6.07) is 20.3. The van der Waals surface area contributed by atoms with Crippen molar-refractivity contribution < 1.29 is 19.7 Å². The van der Waals surface area contributed by atoms with E-state index in [0.717, 1.165) is 23.6 Å². The second-order valence-corrected chi connectivity index (χ2v) is 7.24. The number of aliphatic hydroxyl groups excluding tert-OH is 2. The zero-order valence-electron chi connectivity index (χ0n) is 17.1. The van der Waals surface area contributed by atoms with Crippen LogP contribution in [0.1, 0.15) is 29.9 Å². The predicted octanol–water partition coefficient (Wildman–Crippen LogP) is 3.29. The van der Waals surface area contributed by atoms with Gasteiger partial charge < -0.3 is 19.8 Å². The summed E-state index contributed by atoms with van der Waals surface area (Å²) in [7, 11) is 1.49. The molecule has 0 saturated carbocycles. The molecule has 1 aliphatic heterocycles. The van der Waals surface area contributed by atoms with Crippen molar-refractivity contribution in [1.82, 2.24) is 4.90 Å². The highest BCUT2D eigenvalue weighted by atomic mass is 16.5. The summed E-state index contributed by atoms with van der Waals surface area (Å²) in [6.45, 7) is 1.10. The third kappa shape index (κ3) is 5.55. The Morgan fingerprint density at radius 2 is 1.77 bits per heavy atom. The van der Waals surface area contributed by atoms with Gasteiger partial charge in [-0.05, 0) is 17.5 Å². The Labute approximate surface area is 177 Å². The molecule has 2 N–H and O–H groups in total. The molecule has 6 nitrogen and oxygen atoms in total. The van der Waals surface area contributed by atoms with E-state index in [4.69, 9.17) is 4.74 Å². The van der Waals surface area contributed by atoms with Gasteiger partial charge in [0, 0.05) is 38.2 Å². The van der Waals surface area contributed by atoms with Crippen LogP contribution in [0, 0.1) is 0 Å². The molecule has 2 atom stereocenters. The maximum atomic E-state index is 12.8. The van der Waals surface area contributed by atoms with Crippen LogP contribution in [0.25, 0.3) is 0 Å². The number of ether oxygens (including phenoxy) is 1. The number of carbonyl (C=O) groups is 1. The van der Waals surface area contributed by atoms with E-state index in [1.807, 2.05) is 36.4 Å². The number of amides is 1. The molecule has 0 aromatic heterocycles. The first-order valence-electron chi connectivity index (χ1n) is 10.1. The highest BCUT2D eigenvalue weighted by Crippen LogP contribution is 2.32. The van der Waals surface area contributed by atoms with Crippen molar-refractivity contribution in [2.45, 2.75) is 31.1 Å². The standard InChI is InChI=1S/C24H28N2O4/c1-25-17-22(28)21(27)16-23(29)26-13-8-14-30-24(26)15-20(18-9-4-2-5-10-18)19-11-6-3-7-12-19/h2-7,9-12,16-17,20,22,24,27-28H,8,13-15H2,1H3/b21-16-,25-17?. The number of hydrogen-bond donors (Lipinski definition) is 2. The molecular formula is C24H28N2O4. The SMILES string of the molecule is CN=CC(O)/C(O)=C/C(=O)N1CCCOC1CC(c1ccccc1)c1ccccc1. The Hall–Kier alpha value is -2.96. The molecule has 1 heterocycles. The van der Waals surface area contributed by atoms with Gasteiger partial charge in [0.25, 0.3) is 5.91 Å². The van der Waals surface area contributed by atoms with Crippen LogP contribution in [0.5, 0.6) is 0 Å². The van der Waals surface area contributed by atoms with Crippen molar-refractivity contribution in [2.75, 3.05) is 20.2 Å². The van der Waals surface area contributed by atoms with Gasteiger partial charge in [-0.2, -0.15) is 0 Å². The van der Waals surface area contributed by atoms with Gasteiger partial charge in [-0.15, -0.1) is 0 Å². The average molecular weight is 408 g/mol. The first-order valence-corrected chi connectivity index (χ1v) is 10.1. The monoisotopic (exact) mass is 408 g/mol. The van der Waals surface area contributed by atoms with Gasteiger partial charge in [-0.1, -0.05) is 60.7 Å². The number of hydrogen-bond acceptors (Lipinski definition) is 5. The number of rotatable bonds is 7. The fourth-order valence-electron chi connectivity index (χ4n) is 3.68. The second kappa shape index (κ2) is 10.7. The number of aliphatic hydroxyl groups is 2. The number of carbonyl (C=O) groups excluding carboxylic acids is 1. The van der Waals surface area contributed by atoms with E-state index in [-0.39, 0.29) is 11.8 Å². The van der Waals surface area contributed by atoms with Gasteiger partial charge >= 0.3 is 0 Å². The molecule has 2 aromatic carbocycles. The van der Waals surface area contributed by atoms with Crippen molar-refractivity contribution in [3.8, 4) is 0 Å². The molecule has 158 valence electrons. The molecule has 6 heteroatoms. The van der Waals surface area contributed by atoms with E-state index in [0.29, 0.717) is 19.6 Å². The van der Waals surface area contributed by atoms with Gasteiger partial charge in [0.05, 0.1) is 6.61 Å². The summed E-state index contributed by atoms with van der Waals surface area (Å²) in [4.78, 5) is 18.1. The fourth-order valence-corrected chi connectivity index (χ4v) is 3.68. The first-order chi connectivity index (χ1) is 14.6. The lowest BCUT2D eigenvalue weighted by Gasteiger charge is -2.37. The summed E-state index contributed by atoms with van der Waals surface area (Å²) < 4.78 is 5.98. The minimum atomic E-state index is -1.30. The quantitative estimate of drug-likeness (QED) is 0.418. The van der Waals surface area contributed by atoms with Crippen LogP contribution in [0.15, 0.2) is 77.5 Å². The Bertz CT molecular complexity index is 828. The molecule has 3 rings (SSSR count). The highest BCUT2D eigenvalue weighted by Gasteiger charge is 2.30. The minimum absolute atomic E-state index is 0.0567. The van der Waals surface area contributed by atoms with E-state index in [1.165, 1.54) is 13.3 Å². The third-order valence-corrected chi connectivity index (χ3v) is 5.19. The Balaban J connectivity index is 1.84. The summed E-state index contributed by atoms with van der Waals surface area (Å²) in [6.07, 6.45) is 1.80. The highest BCUT2D eigenvalue weighted by molar-refractivity contribution is 5.89. The van der Waals surface area contributed by atoms with Gasteiger partial charge in [-0.25, -0.2) is 0 Å².